The van der Waals surface area contributed by atoms with Gasteiger partial charge in [0.2, 0.25) is 0 Å². The number of hydrogen-bond acceptors (Lipinski definition) is 4. The van der Waals surface area contributed by atoms with E-state index in [1.54, 1.807) is 0 Å². The van der Waals surface area contributed by atoms with E-state index in [4.69, 9.17) is 4.74 Å². The number of nitrogens with zero attached hydrogens (tertiary/aromatic N) is 1. The first-order valence-corrected chi connectivity index (χ1v) is 8.07. The van der Waals surface area contributed by atoms with Gasteiger partial charge < -0.3 is 10.1 Å². The Kier molecular flexibility index (Phi) is 5.92. The fraction of sp³-hybridized carbons (Fsp3) is 0.235. The van der Waals surface area contributed by atoms with Crippen LogP contribution in [0.2, 0.25) is 0 Å². The number of methoxy groups -OCH3 is 1. The van der Waals surface area contributed by atoms with E-state index in [2.05, 4.69) is 21.2 Å². The lowest BCUT2D eigenvalue weighted by atomic mass is 10.1. The Balaban J connectivity index is 2.12. The minimum atomic E-state index is -0.540. The summed E-state index contributed by atoms with van der Waals surface area (Å²) in [6.45, 7) is 1.88. The number of amides is 1. The Bertz CT molecular complexity index is 747. The van der Waals surface area contributed by atoms with Gasteiger partial charge >= 0.3 is 0 Å². The van der Waals surface area contributed by atoms with E-state index in [1.807, 2.05) is 31.2 Å². The summed E-state index contributed by atoms with van der Waals surface area (Å²) < 4.78 is 6.12. The monoisotopic (exact) mass is 392 g/mol. The van der Waals surface area contributed by atoms with Gasteiger partial charge in [-0.15, -0.1) is 0 Å². The van der Waals surface area contributed by atoms with Crippen molar-refractivity contribution >= 4 is 27.5 Å². The van der Waals surface area contributed by atoms with Crippen LogP contribution in [0.4, 0.5) is 5.69 Å². The summed E-state index contributed by atoms with van der Waals surface area (Å²) in [7, 11) is 1.42. The van der Waals surface area contributed by atoms with Crippen LogP contribution in [-0.4, -0.2) is 24.0 Å². The highest BCUT2D eigenvalue weighted by Gasteiger charge is 2.19. The molecule has 2 aromatic carbocycles. The summed E-state index contributed by atoms with van der Waals surface area (Å²) in [5, 5.41) is 13.7. The molecule has 1 N–H and O–H groups in total. The van der Waals surface area contributed by atoms with Gasteiger partial charge in [0.15, 0.2) is 0 Å². The molecule has 0 aromatic heterocycles. The maximum atomic E-state index is 12.4. The molecule has 0 aliphatic carbocycles. The smallest absolute Gasteiger partial charge is 0.270 e. The first-order valence-electron chi connectivity index (χ1n) is 7.28. The van der Waals surface area contributed by atoms with Crippen molar-refractivity contribution in [2.45, 2.75) is 19.4 Å². The largest absolute Gasteiger partial charge is 0.496 e. The molecule has 1 atom stereocenters. The third-order valence-electron chi connectivity index (χ3n) is 3.47. The number of carbonyl (C=O) groups excluding carboxylic acids is 1. The van der Waals surface area contributed by atoms with Crippen LogP contribution in [0.1, 0.15) is 22.8 Å². The quantitative estimate of drug-likeness (QED) is 0.599. The molecule has 0 saturated heterocycles. The van der Waals surface area contributed by atoms with Crippen LogP contribution in [0, 0.1) is 10.1 Å². The lowest BCUT2D eigenvalue weighted by molar-refractivity contribution is -0.384. The van der Waals surface area contributed by atoms with Crippen molar-refractivity contribution < 1.29 is 14.5 Å². The van der Waals surface area contributed by atoms with Crippen molar-refractivity contribution in [1.29, 1.82) is 0 Å². The molecular formula is C17H17BrN2O4. The van der Waals surface area contributed by atoms with Crippen LogP contribution in [-0.2, 0) is 6.42 Å². The second-order valence-electron chi connectivity index (χ2n) is 5.35. The molecule has 126 valence electrons. The van der Waals surface area contributed by atoms with E-state index < -0.39 is 10.8 Å². The molecule has 0 aliphatic rings. The molecule has 6 nitrogen and oxygen atoms in total. The van der Waals surface area contributed by atoms with Crippen molar-refractivity contribution in [2.24, 2.45) is 0 Å². The first kappa shape index (κ1) is 17.9. The second-order valence-corrected chi connectivity index (χ2v) is 6.26. The van der Waals surface area contributed by atoms with E-state index in [9.17, 15) is 14.9 Å². The predicted octanol–water partition coefficient (Wildman–Crippen LogP) is 3.73. The Labute approximate surface area is 148 Å². The maximum absolute atomic E-state index is 12.4. The lowest BCUT2D eigenvalue weighted by Crippen LogP contribution is -2.34. The van der Waals surface area contributed by atoms with Crippen LogP contribution in [0.15, 0.2) is 46.9 Å². The fourth-order valence-corrected chi connectivity index (χ4v) is 2.58. The molecule has 0 saturated carbocycles. The van der Waals surface area contributed by atoms with Crippen molar-refractivity contribution in [3.05, 3.63) is 68.2 Å². The van der Waals surface area contributed by atoms with E-state index in [0.29, 0.717) is 12.2 Å². The average Bonchev–Trinajstić information content (AvgIpc) is 2.56. The van der Waals surface area contributed by atoms with Crippen LogP contribution >= 0.6 is 15.9 Å². The number of nitro benzene ring substituents is 1. The number of nitrogens with one attached hydrogen (secondary N) is 1. The number of halogens is 1. The predicted molar refractivity (Wildman–Crippen MR) is 94.4 cm³/mol. The number of non-ortho nitro benzene ring substituents is 1. The molecule has 0 bridgehead atoms. The molecule has 0 spiro atoms. The van der Waals surface area contributed by atoms with Crippen molar-refractivity contribution in [1.82, 2.24) is 5.32 Å². The van der Waals surface area contributed by atoms with Crippen LogP contribution in [0.3, 0.4) is 0 Å². The summed E-state index contributed by atoms with van der Waals surface area (Å²) >= 11 is 3.38. The van der Waals surface area contributed by atoms with Crippen molar-refractivity contribution in [3.63, 3.8) is 0 Å². The zero-order chi connectivity index (χ0) is 17.7. The topological polar surface area (TPSA) is 81.5 Å². The Morgan fingerprint density at radius 3 is 2.54 bits per heavy atom. The van der Waals surface area contributed by atoms with Crippen LogP contribution in [0.25, 0.3) is 0 Å². The number of hydrogen-bond donors (Lipinski definition) is 1. The maximum Gasteiger partial charge on any atom is 0.270 e. The second kappa shape index (κ2) is 7.92. The number of ether oxygens (including phenoxy) is 1. The minimum Gasteiger partial charge on any atom is -0.496 e. The summed E-state index contributed by atoms with van der Waals surface area (Å²) in [4.78, 5) is 22.8. The first-order chi connectivity index (χ1) is 11.4. The summed E-state index contributed by atoms with van der Waals surface area (Å²) in [6, 6.07) is 11.6. The molecule has 24 heavy (non-hydrogen) atoms. The van der Waals surface area contributed by atoms with E-state index >= 15 is 0 Å². The molecule has 0 fully saturated rings. The zero-order valence-electron chi connectivity index (χ0n) is 13.3. The molecule has 2 aromatic rings. The van der Waals surface area contributed by atoms with Gasteiger partial charge in [0.1, 0.15) is 5.75 Å². The molecule has 0 heterocycles. The number of benzene rings is 2. The number of rotatable bonds is 6. The normalized spacial score (nSPS) is 11.6. The van der Waals surface area contributed by atoms with E-state index in [-0.39, 0.29) is 17.3 Å². The number of nitro groups is 1. The highest BCUT2D eigenvalue weighted by molar-refractivity contribution is 9.10. The molecule has 2 rings (SSSR count). The molecule has 0 radical (unpaired) electrons. The highest BCUT2D eigenvalue weighted by Crippen LogP contribution is 2.24. The summed E-state index contributed by atoms with van der Waals surface area (Å²) in [6.07, 6.45) is 0.649. The fourth-order valence-electron chi connectivity index (χ4n) is 2.31. The molecule has 7 heteroatoms. The Morgan fingerprint density at radius 2 is 1.96 bits per heavy atom. The SMILES string of the molecule is COc1ccc([N+](=O)[O-])cc1C(=O)NC(C)Cc1ccc(Br)cc1. The van der Waals surface area contributed by atoms with Gasteiger partial charge in [0.05, 0.1) is 17.6 Å². The van der Waals surface area contributed by atoms with E-state index in [1.165, 1.54) is 25.3 Å². The minimum absolute atomic E-state index is 0.136. The van der Waals surface area contributed by atoms with Gasteiger partial charge in [-0.2, -0.15) is 0 Å². The average molecular weight is 393 g/mol. The van der Waals surface area contributed by atoms with Crippen molar-refractivity contribution in [3.8, 4) is 5.75 Å². The Morgan fingerprint density at radius 1 is 1.29 bits per heavy atom. The third-order valence-corrected chi connectivity index (χ3v) is 4.00. The molecular weight excluding hydrogens is 376 g/mol. The van der Waals surface area contributed by atoms with Crippen LogP contribution in [0.5, 0.6) is 5.75 Å². The van der Waals surface area contributed by atoms with Gasteiger partial charge in [-0.25, -0.2) is 0 Å². The number of carbonyl (C=O) groups is 1. The van der Waals surface area contributed by atoms with Crippen molar-refractivity contribution in [2.75, 3.05) is 7.11 Å². The van der Waals surface area contributed by atoms with E-state index in [0.717, 1.165) is 10.0 Å². The third kappa shape index (κ3) is 4.55. The summed E-state index contributed by atoms with van der Waals surface area (Å²) in [5.41, 5.74) is 1.08. The van der Waals surface area contributed by atoms with Gasteiger partial charge in [-0.05, 0) is 37.1 Å². The summed E-state index contributed by atoms with van der Waals surface area (Å²) in [5.74, 6) is -0.103. The van der Waals surface area contributed by atoms with Gasteiger partial charge in [0, 0.05) is 22.6 Å². The Hall–Kier alpha value is -2.41. The standard InChI is InChI=1S/C17H17BrN2O4/c1-11(9-12-3-5-13(18)6-4-12)19-17(21)15-10-14(20(22)23)7-8-16(15)24-2/h3-8,10-11H,9H2,1-2H3,(H,19,21). The molecule has 0 aliphatic heterocycles. The van der Waals surface area contributed by atoms with Gasteiger partial charge in [-0.3, -0.25) is 14.9 Å². The van der Waals surface area contributed by atoms with Gasteiger partial charge in [-0.1, -0.05) is 28.1 Å². The van der Waals surface area contributed by atoms with Gasteiger partial charge in [0.25, 0.3) is 11.6 Å². The lowest BCUT2D eigenvalue weighted by Gasteiger charge is -2.15. The molecule has 1 unspecified atom stereocenters. The zero-order valence-corrected chi connectivity index (χ0v) is 14.9. The molecule has 1 amide bonds. The van der Waals surface area contributed by atoms with Crippen LogP contribution < -0.4 is 10.1 Å². The highest BCUT2D eigenvalue weighted by atomic mass is 79.9.